The average molecular weight is 248 g/mol. The summed E-state index contributed by atoms with van der Waals surface area (Å²) >= 11 is 1.81. The van der Waals surface area contributed by atoms with Crippen LogP contribution in [0.1, 0.15) is 25.8 Å². The maximum absolute atomic E-state index is 6.12. The van der Waals surface area contributed by atoms with Gasteiger partial charge in [0.25, 0.3) is 0 Å². The van der Waals surface area contributed by atoms with Gasteiger partial charge in [-0.05, 0) is 23.7 Å². The molecule has 0 N–H and O–H groups in total. The van der Waals surface area contributed by atoms with Crippen LogP contribution in [-0.2, 0) is 11.3 Å². The zero-order chi connectivity index (χ0) is 12.3. The van der Waals surface area contributed by atoms with E-state index in [0.29, 0.717) is 6.61 Å². The molecule has 2 rings (SSSR count). The fourth-order valence-electron chi connectivity index (χ4n) is 2.21. The SMILES string of the molecule is CSC1=CCC(C)(C)C1OCc1ccccc1. The van der Waals surface area contributed by atoms with Crippen molar-refractivity contribution in [2.75, 3.05) is 6.26 Å². The summed E-state index contributed by atoms with van der Waals surface area (Å²) in [4.78, 5) is 1.38. The molecule has 1 atom stereocenters. The summed E-state index contributed by atoms with van der Waals surface area (Å²) in [7, 11) is 0. The lowest BCUT2D eigenvalue weighted by atomic mass is 9.88. The molecule has 17 heavy (non-hydrogen) atoms. The van der Waals surface area contributed by atoms with Crippen LogP contribution >= 0.6 is 11.8 Å². The van der Waals surface area contributed by atoms with Gasteiger partial charge >= 0.3 is 0 Å². The summed E-state index contributed by atoms with van der Waals surface area (Å²) in [5.41, 5.74) is 1.48. The third-order valence-corrected chi connectivity index (χ3v) is 4.14. The van der Waals surface area contributed by atoms with Crippen molar-refractivity contribution < 1.29 is 4.74 Å². The Hall–Kier alpha value is -0.730. The van der Waals surface area contributed by atoms with Crippen molar-refractivity contribution >= 4 is 11.8 Å². The molecule has 0 radical (unpaired) electrons. The number of hydrogen-bond acceptors (Lipinski definition) is 2. The molecule has 1 aromatic carbocycles. The number of thioether (sulfide) groups is 1. The molecular weight excluding hydrogens is 228 g/mol. The van der Waals surface area contributed by atoms with Gasteiger partial charge in [0.15, 0.2) is 0 Å². The summed E-state index contributed by atoms with van der Waals surface area (Å²) in [6.07, 6.45) is 5.81. The molecule has 0 aromatic heterocycles. The average Bonchev–Trinajstić information content (AvgIpc) is 2.63. The first-order valence-corrected chi connectivity index (χ1v) is 7.25. The highest BCUT2D eigenvalue weighted by molar-refractivity contribution is 8.02. The predicted molar refractivity (Wildman–Crippen MR) is 75.0 cm³/mol. The second-order valence-electron chi connectivity index (χ2n) is 5.18. The zero-order valence-corrected chi connectivity index (χ0v) is 11.6. The van der Waals surface area contributed by atoms with Gasteiger partial charge in [0.05, 0.1) is 12.7 Å². The van der Waals surface area contributed by atoms with Gasteiger partial charge in [-0.2, -0.15) is 0 Å². The van der Waals surface area contributed by atoms with E-state index in [2.05, 4.69) is 50.4 Å². The molecule has 0 bridgehead atoms. The van der Waals surface area contributed by atoms with Gasteiger partial charge in [0.2, 0.25) is 0 Å². The Morgan fingerprint density at radius 1 is 1.29 bits per heavy atom. The van der Waals surface area contributed by atoms with Crippen molar-refractivity contribution in [2.45, 2.75) is 33.0 Å². The summed E-state index contributed by atoms with van der Waals surface area (Å²) in [6, 6.07) is 10.4. The Balaban J connectivity index is 2.00. The molecule has 0 saturated carbocycles. The molecule has 0 aliphatic heterocycles. The standard InChI is InChI=1S/C15H20OS/c1-15(2)10-9-13(17-3)14(15)16-11-12-7-5-4-6-8-12/h4-9,14H,10-11H2,1-3H3. The molecule has 1 aliphatic rings. The van der Waals surface area contributed by atoms with Crippen molar-refractivity contribution in [3.63, 3.8) is 0 Å². The molecule has 0 spiro atoms. The quantitative estimate of drug-likeness (QED) is 0.788. The molecule has 92 valence electrons. The zero-order valence-electron chi connectivity index (χ0n) is 10.8. The van der Waals surface area contributed by atoms with Crippen LogP contribution in [0, 0.1) is 5.41 Å². The van der Waals surface area contributed by atoms with Gasteiger partial charge in [-0.15, -0.1) is 11.8 Å². The van der Waals surface area contributed by atoms with Crippen LogP contribution in [0.5, 0.6) is 0 Å². The highest BCUT2D eigenvalue weighted by atomic mass is 32.2. The van der Waals surface area contributed by atoms with Gasteiger partial charge in [0.1, 0.15) is 0 Å². The molecule has 1 aromatic rings. The van der Waals surface area contributed by atoms with Gasteiger partial charge in [-0.3, -0.25) is 0 Å². The number of hydrogen-bond donors (Lipinski definition) is 0. The molecular formula is C15H20OS. The molecule has 0 fully saturated rings. The fourth-order valence-corrected chi connectivity index (χ4v) is 3.07. The van der Waals surface area contributed by atoms with Crippen molar-refractivity contribution in [2.24, 2.45) is 5.41 Å². The second kappa shape index (κ2) is 5.28. The van der Waals surface area contributed by atoms with Crippen LogP contribution in [0.2, 0.25) is 0 Å². The Morgan fingerprint density at radius 2 is 2.00 bits per heavy atom. The van der Waals surface area contributed by atoms with E-state index in [9.17, 15) is 0 Å². The smallest absolute Gasteiger partial charge is 0.0938 e. The van der Waals surface area contributed by atoms with Crippen LogP contribution in [-0.4, -0.2) is 12.4 Å². The van der Waals surface area contributed by atoms with Crippen molar-refractivity contribution in [3.8, 4) is 0 Å². The Labute approximate surface area is 108 Å². The van der Waals surface area contributed by atoms with Crippen LogP contribution in [0.3, 0.4) is 0 Å². The number of allylic oxidation sites excluding steroid dienone is 1. The Bertz CT molecular complexity index is 395. The Kier molecular flexibility index (Phi) is 3.95. The van der Waals surface area contributed by atoms with Crippen molar-refractivity contribution in [3.05, 3.63) is 46.9 Å². The summed E-state index contributed by atoms with van der Waals surface area (Å²) < 4.78 is 6.12. The molecule has 1 aliphatic carbocycles. The number of ether oxygens (including phenoxy) is 1. The minimum absolute atomic E-state index is 0.229. The normalized spacial score (nSPS) is 22.5. The van der Waals surface area contributed by atoms with Crippen LogP contribution < -0.4 is 0 Å². The lowest BCUT2D eigenvalue weighted by Gasteiger charge is -2.29. The number of benzene rings is 1. The first kappa shape index (κ1) is 12.7. The topological polar surface area (TPSA) is 9.23 Å². The third kappa shape index (κ3) is 2.93. The third-order valence-electron chi connectivity index (χ3n) is 3.29. The molecule has 1 unspecified atom stereocenters. The molecule has 0 heterocycles. The van der Waals surface area contributed by atoms with Crippen molar-refractivity contribution in [1.29, 1.82) is 0 Å². The van der Waals surface area contributed by atoms with Crippen LogP contribution in [0.15, 0.2) is 41.3 Å². The second-order valence-corrected chi connectivity index (χ2v) is 6.06. The van der Waals surface area contributed by atoms with E-state index in [1.54, 1.807) is 0 Å². The lowest BCUT2D eigenvalue weighted by Crippen LogP contribution is -2.28. The lowest BCUT2D eigenvalue weighted by molar-refractivity contribution is 0.00357. The van der Waals surface area contributed by atoms with Gasteiger partial charge in [-0.25, -0.2) is 0 Å². The largest absolute Gasteiger partial charge is 0.368 e. The van der Waals surface area contributed by atoms with Gasteiger partial charge in [0, 0.05) is 4.91 Å². The maximum atomic E-state index is 6.12. The predicted octanol–water partition coefficient (Wildman–Crippen LogP) is 4.25. The molecule has 1 nitrogen and oxygen atoms in total. The van der Waals surface area contributed by atoms with E-state index in [1.807, 2.05) is 17.8 Å². The minimum Gasteiger partial charge on any atom is -0.368 e. The van der Waals surface area contributed by atoms with E-state index >= 15 is 0 Å². The van der Waals surface area contributed by atoms with E-state index in [-0.39, 0.29) is 11.5 Å². The fraction of sp³-hybridized carbons (Fsp3) is 0.467. The molecule has 0 amide bonds. The first-order chi connectivity index (χ1) is 8.13. The summed E-state index contributed by atoms with van der Waals surface area (Å²) in [6.45, 7) is 5.26. The first-order valence-electron chi connectivity index (χ1n) is 6.03. The van der Waals surface area contributed by atoms with Gasteiger partial charge < -0.3 is 4.74 Å². The minimum atomic E-state index is 0.229. The summed E-state index contributed by atoms with van der Waals surface area (Å²) in [5.74, 6) is 0. The van der Waals surface area contributed by atoms with E-state index < -0.39 is 0 Å². The monoisotopic (exact) mass is 248 g/mol. The molecule has 0 saturated heterocycles. The van der Waals surface area contributed by atoms with Crippen LogP contribution in [0.4, 0.5) is 0 Å². The van der Waals surface area contributed by atoms with Crippen molar-refractivity contribution in [1.82, 2.24) is 0 Å². The molecule has 2 heteroatoms. The van der Waals surface area contributed by atoms with E-state index in [4.69, 9.17) is 4.74 Å². The Morgan fingerprint density at radius 3 is 2.65 bits per heavy atom. The van der Waals surface area contributed by atoms with Crippen LogP contribution in [0.25, 0.3) is 0 Å². The van der Waals surface area contributed by atoms with Gasteiger partial charge in [-0.1, -0.05) is 50.3 Å². The van der Waals surface area contributed by atoms with E-state index in [0.717, 1.165) is 6.42 Å². The van der Waals surface area contributed by atoms with E-state index in [1.165, 1.54) is 10.5 Å². The highest BCUT2D eigenvalue weighted by Gasteiger charge is 2.36. The number of rotatable bonds is 4. The maximum Gasteiger partial charge on any atom is 0.0938 e. The highest BCUT2D eigenvalue weighted by Crippen LogP contribution is 2.43. The summed E-state index contributed by atoms with van der Waals surface area (Å²) in [5, 5.41) is 0.